The van der Waals surface area contributed by atoms with Gasteiger partial charge in [0.25, 0.3) is 0 Å². The molecule has 0 saturated carbocycles. The van der Waals surface area contributed by atoms with Crippen LogP contribution in [0.25, 0.3) is 0 Å². The Balaban J connectivity index is -0.0000000273. The van der Waals surface area contributed by atoms with Crippen molar-refractivity contribution in [3.63, 3.8) is 0 Å². The lowest BCUT2D eigenvalue weighted by molar-refractivity contribution is 0.155. The number of phosphoric acid groups is 2. The van der Waals surface area contributed by atoms with E-state index in [4.69, 9.17) is 78.9 Å². The van der Waals surface area contributed by atoms with E-state index in [-0.39, 0.29) is 51.6 Å². The number of rotatable bonds is 18. The van der Waals surface area contributed by atoms with Crippen LogP contribution in [0.2, 0.25) is 0 Å². The van der Waals surface area contributed by atoms with E-state index >= 15 is 0 Å². The molecule has 2 aromatic rings. The summed E-state index contributed by atoms with van der Waals surface area (Å²) >= 11 is 11.5. The summed E-state index contributed by atoms with van der Waals surface area (Å²) in [5, 5.41) is 0. The number of para-hydroxylation sites is 4. The van der Waals surface area contributed by atoms with Gasteiger partial charge >= 0.3 is 40.4 Å². The second-order valence-corrected chi connectivity index (χ2v) is 19.2. The van der Waals surface area contributed by atoms with Crippen molar-refractivity contribution >= 4 is 92.3 Å². The molecule has 2 unspecified atom stereocenters. The van der Waals surface area contributed by atoms with Gasteiger partial charge in [-0.25, -0.2) is 13.7 Å². The number of hydrogen-bond donors (Lipinski definition) is 25. The van der Waals surface area contributed by atoms with Crippen LogP contribution >= 0.6 is 92.3 Å². The molecular formula is C45H153Br2ClN24O19P6. The molecule has 2 aliphatic heterocycles. The normalized spacial score (nSPS) is 9.76. The van der Waals surface area contributed by atoms with E-state index in [1.54, 1.807) is 31.4 Å². The molecular weight excluding hydrogens is 1560 g/mol. The van der Waals surface area contributed by atoms with Gasteiger partial charge in [-0.15, -0.1) is 0 Å². The zero-order valence-corrected chi connectivity index (χ0v) is 71.7. The van der Waals surface area contributed by atoms with Crippen LogP contribution in [-0.4, -0.2) is 224 Å². The van der Waals surface area contributed by atoms with E-state index in [1.165, 1.54) is 155 Å². The molecule has 43 nitrogen and oxygen atoms in total. The summed E-state index contributed by atoms with van der Waals surface area (Å²) in [6.07, 6.45) is 0.252. The number of benzene rings is 2. The van der Waals surface area contributed by atoms with Gasteiger partial charge in [-0.1, -0.05) is 75.2 Å². The Labute approximate surface area is 612 Å². The molecule has 618 valence electrons. The van der Waals surface area contributed by atoms with Gasteiger partial charge < -0.3 is 184 Å². The number of nitrogens with two attached hydrogens (primary N) is 21. The van der Waals surface area contributed by atoms with Crippen LogP contribution in [0.4, 0.5) is 0 Å². The molecule has 2 aliphatic rings. The topological polar surface area (TPSA) is 861 Å². The molecule has 0 bridgehead atoms. The zero-order chi connectivity index (χ0) is 79.8. The molecule has 52 N–H and O–H groups in total. The first-order valence-corrected chi connectivity index (χ1v) is 36.8. The van der Waals surface area contributed by atoms with Crippen molar-refractivity contribution in [2.45, 2.75) is 7.43 Å². The number of alkyl halides is 3. The first-order chi connectivity index (χ1) is 45.1. The molecule has 0 aromatic heterocycles. The maximum atomic E-state index is 11.7. The molecule has 2 aromatic carbocycles. The van der Waals surface area contributed by atoms with Crippen LogP contribution in [0.3, 0.4) is 0 Å². The van der Waals surface area contributed by atoms with Gasteiger partial charge in [-0.2, -0.15) is 0 Å². The lowest BCUT2D eigenvalue weighted by atomic mass is 10.3. The van der Waals surface area contributed by atoms with Crippen molar-refractivity contribution in [1.82, 2.24) is 18.5 Å². The highest BCUT2D eigenvalue weighted by molar-refractivity contribution is 9.09. The highest BCUT2D eigenvalue weighted by Crippen LogP contribution is 2.57. The fraction of sp³-hybridized carbons (Fsp3) is 0.733. The van der Waals surface area contributed by atoms with Crippen molar-refractivity contribution in [1.29, 1.82) is 0 Å². The average Bonchev–Trinajstić information content (AvgIpc) is 1.68. The van der Waals surface area contributed by atoms with E-state index in [2.05, 4.69) is 158 Å². The largest absolute Gasteiger partial charge is 0.475 e. The standard InChI is InChI=1S/C8H10NO3P.C7H6ClO3P.C3H8BrO3P.C3H8BrO2P.C3H10NO4P.C2H8NO4P.18CH5N.CH4.3H3N/c9-5-6-13(10)11-7-3-1-2-4-8(7)12-13;8-5-9-12-10-6-3-1-2-4-7(6)11-12;1-5-8(6-2)7-3-4;1-5-7(2)6-3-4;1-6-9(5,7-2)8-3-4;1-6-8(4,5)7-2-3;18*1-2;;;;/h1-4H,5-6,9H2;1-4H,5H2;3H2,1-2H3;3H2,1-2H3;3-4H2,1-2H3;2-3H2,1H3,(H,4,5);18*2H2,1H3;1H4;3*1H3. The highest BCUT2D eigenvalue weighted by atomic mass is 79.9. The SMILES string of the molecule is C.CN.CN.CN.CN.CN.CN.CN.CN.CN.CN.CN.CN.CN.CN.CN.CN.CN.CN.COP(=O)(O)OCN.COP(=O)(OC)OCN.COP(C)OCBr.COP(OC)OCBr.ClCOP1Oc2ccccc2O1.N.N.N.NCCP1(=O)Oc2ccccc2O1. The smallest absolute Gasteiger partial charge is 0.414 e. The van der Waals surface area contributed by atoms with Crippen LogP contribution in [0.5, 0.6) is 23.0 Å². The molecule has 0 spiro atoms. The minimum atomic E-state index is -3.80. The van der Waals surface area contributed by atoms with Crippen LogP contribution in [0, 0.1) is 0 Å². The average molecular weight is 1720 g/mol. The maximum absolute atomic E-state index is 11.7. The second kappa shape index (κ2) is 182. The molecule has 0 aliphatic carbocycles. The number of phosphoric ester groups is 2. The van der Waals surface area contributed by atoms with E-state index in [1.807, 2.05) is 30.9 Å². The lowest BCUT2D eigenvalue weighted by Crippen LogP contribution is -2.09. The summed E-state index contributed by atoms with van der Waals surface area (Å²) in [5.41, 5.74) is 97.0. The lowest BCUT2D eigenvalue weighted by Gasteiger charge is -2.10. The predicted octanol–water partition coefficient (Wildman–Crippen LogP) is 1.78. The van der Waals surface area contributed by atoms with Crippen molar-refractivity contribution < 1.29 is 86.4 Å². The first kappa shape index (κ1) is 167. The summed E-state index contributed by atoms with van der Waals surface area (Å²) in [4.78, 5) is 8.35. The summed E-state index contributed by atoms with van der Waals surface area (Å²) < 4.78 is 104. The highest BCUT2D eigenvalue weighted by Gasteiger charge is 2.35. The van der Waals surface area contributed by atoms with Crippen LogP contribution < -0.4 is 157 Å². The number of fused-ring (bicyclic) bond motifs is 2. The van der Waals surface area contributed by atoms with E-state index in [0.717, 1.165) is 7.11 Å². The zero-order valence-electron chi connectivity index (χ0n) is 62.4. The first-order valence-electron chi connectivity index (χ1n) is 25.5. The third-order valence-electron chi connectivity index (χ3n) is 5.16. The molecule has 97 heavy (non-hydrogen) atoms. The van der Waals surface area contributed by atoms with Crippen LogP contribution in [-0.2, 0) is 63.5 Å². The Kier molecular flexibility index (Phi) is 314. The minimum Gasteiger partial charge on any atom is -0.414 e. The third-order valence-corrected chi connectivity index (χ3v) is 13.6. The van der Waals surface area contributed by atoms with Crippen molar-refractivity contribution in [2.24, 2.45) is 120 Å². The quantitative estimate of drug-likeness (QED) is 0.0574. The molecule has 4 rings (SSSR count). The molecule has 0 amide bonds. The van der Waals surface area contributed by atoms with Gasteiger partial charge in [0.2, 0.25) is 0 Å². The molecule has 52 heteroatoms. The second-order valence-electron chi connectivity index (χ2n) is 8.59. The number of halogens is 3. The minimum absolute atomic E-state index is 0. The van der Waals surface area contributed by atoms with Crippen LogP contribution in [0.15, 0.2) is 48.5 Å². The molecule has 0 saturated heterocycles. The van der Waals surface area contributed by atoms with E-state index < -0.39 is 48.8 Å². The van der Waals surface area contributed by atoms with Gasteiger partial charge in [0.05, 0.1) is 6.16 Å². The summed E-state index contributed by atoms with van der Waals surface area (Å²) in [7, 11) is 22.1. The maximum Gasteiger partial charge on any atom is 0.475 e. The summed E-state index contributed by atoms with van der Waals surface area (Å²) in [6, 6.07) is 14.6. The fourth-order valence-corrected chi connectivity index (χ4v) is 8.21. The van der Waals surface area contributed by atoms with Crippen LogP contribution in [0.1, 0.15) is 7.43 Å². The monoisotopic (exact) mass is 1710 g/mol. The number of hydrogen-bond acceptors (Lipinski definition) is 42. The predicted molar refractivity (Wildman–Crippen MR) is 429 cm³/mol. The van der Waals surface area contributed by atoms with Gasteiger partial charge in [-0.05, 0) is 151 Å². The van der Waals surface area contributed by atoms with E-state index in [0.29, 0.717) is 40.6 Å². The molecule has 0 radical (unpaired) electrons. The van der Waals surface area contributed by atoms with Crippen molar-refractivity contribution in [3.05, 3.63) is 48.5 Å². The summed E-state index contributed by atoms with van der Waals surface area (Å²) in [5.74, 6) is 2.51. The van der Waals surface area contributed by atoms with Gasteiger partial charge in [0.1, 0.15) is 30.6 Å². The van der Waals surface area contributed by atoms with Crippen molar-refractivity contribution in [2.75, 3.05) is 219 Å². The Morgan fingerprint density at radius 3 is 0.907 bits per heavy atom. The van der Waals surface area contributed by atoms with Gasteiger partial charge in [0, 0.05) is 55.9 Å². The fourth-order valence-electron chi connectivity index (χ4n) is 2.80. The van der Waals surface area contributed by atoms with Crippen molar-refractivity contribution in [3.8, 4) is 23.0 Å². The Bertz CT molecular complexity index is 1470. The Morgan fingerprint density at radius 2 is 0.753 bits per heavy atom. The Morgan fingerprint density at radius 1 is 0.485 bits per heavy atom. The Hall–Kier alpha value is -0.570. The van der Waals surface area contributed by atoms with Gasteiger partial charge in [-0.3, -0.25) is 27.1 Å². The molecule has 2 heterocycles. The van der Waals surface area contributed by atoms with Gasteiger partial charge in [0.15, 0.2) is 31.4 Å². The molecule has 0 fully saturated rings. The van der Waals surface area contributed by atoms with E-state index in [9.17, 15) is 13.7 Å². The third kappa shape index (κ3) is 146. The molecule has 2 atom stereocenters. The summed E-state index contributed by atoms with van der Waals surface area (Å²) in [6.45, 7) is 1.70.